The fourth-order valence-electron chi connectivity index (χ4n) is 3.90. The molecule has 0 N–H and O–H groups in total. The van der Waals surface area contributed by atoms with Gasteiger partial charge < -0.3 is 10.3 Å². The van der Waals surface area contributed by atoms with Gasteiger partial charge in [-0.15, -0.1) is 0 Å². The maximum Gasteiger partial charge on any atom is -0.0145 e. The lowest BCUT2D eigenvalue weighted by molar-refractivity contribution is 0.363. The molecule has 0 radical (unpaired) electrons. The molecule has 0 saturated heterocycles. The highest BCUT2D eigenvalue weighted by Gasteiger charge is 1.96. The summed E-state index contributed by atoms with van der Waals surface area (Å²) in [6.45, 7) is 5.82. The van der Waals surface area contributed by atoms with Crippen LogP contribution in [0.1, 0.15) is 149 Å². The Morgan fingerprint density at radius 2 is 0.667 bits per heavy atom. The van der Waals surface area contributed by atoms with Gasteiger partial charge in [0.1, 0.15) is 0 Å². The summed E-state index contributed by atoms with van der Waals surface area (Å²) in [6, 6.07) is 0. The summed E-state index contributed by atoms with van der Waals surface area (Å²) >= 11 is 0. The predicted molar refractivity (Wildman–Crippen MR) is 123 cm³/mol. The Balaban J connectivity index is 3.01. The van der Waals surface area contributed by atoms with Crippen LogP contribution >= 0.6 is 0 Å². The number of nitrogens with zero attached hydrogens (tertiary/aromatic N) is 1. The summed E-state index contributed by atoms with van der Waals surface area (Å²) in [5.41, 5.74) is 0. The average Bonchev–Trinajstić information content (AvgIpc) is 2.66. The van der Waals surface area contributed by atoms with Crippen LogP contribution in [0.4, 0.5) is 0 Å². The van der Waals surface area contributed by atoms with Gasteiger partial charge in [-0.2, -0.15) is 0 Å². The van der Waals surface area contributed by atoms with Crippen LogP contribution < -0.4 is 0 Å². The second kappa shape index (κ2) is 24.0. The lowest BCUT2D eigenvalue weighted by Gasteiger charge is -2.27. The Hall–Kier alpha value is -0.0800. The van der Waals surface area contributed by atoms with Crippen molar-refractivity contribution in [2.75, 3.05) is 13.1 Å². The molecule has 0 spiro atoms. The van der Waals surface area contributed by atoms with Gasteiger partial charge in [0.25, 0.3) is 0 Å². The van der Waals surface area contributed by atoms with Crippen LogP contribution in [0.25, 0.3) is 0 Å². The smallest absolute Gasteiger partial charge is 0.0145 e. The van der Waals surface area contributed by atoms with Crippen molar-refractivity contribution in [3.63, 3.8) is 0 Å². The van der Waals surface area contributed by atoms with E-state index >= 15 is 0 Å². The van der Waals surface area contributed by atoms with Gasteiger partial charge in [0.05, 0.1) is 0 Å². The highest BCUT2D eigenvalue weighted by atomic mass is 16.5. The van der Waals surface area contributed by atoms with Gasteiger partial charge in [-0.25, -0.2) is 0 Å². The second-order valence-electron chi connectivity index (χ2n) is 8.65. The minimum atomic E-state index is 0.707. The molecule has 0 unspecified atom stereocenters. The first-order valence-corrected chi connectivity index (χ1v) is 12.7. The molecule has 0 aliphatic heterocycles. The van der Waals surface area contributed by atoms with Crippen LogP contribution in [0.5, 0.6) is 0 Å². The standard InChI is InChI=1S/C25H52NO/c1-3-5-6-7-8-9-10-11-12-13-14-15-16-17-18-19-20-21-22-23-25-26(27)24-4-2/h3-25H2,1-2H3/q-1. The average molecular weight is 383 g/mol. The summed E-state index contributed by atoms with van der Waals surface area (Å²) in [4.78, 5) is 0. The normalized spacial score (nSPS) is 11.6. The fourth-order valence-corrected chi connectivity index (χ4v) is 3.90. The Morgan fingerprint density at radius 3 is 0.963 bits per heavy atom. The lowest BCUT2D eigenvalue weighted by atomic mass is 10.0. The molecule has 0 heterocycles. The molecule has 2 heteroatoms. The molecular weight excluding hydrogens is 330 g/mol. The monoisotopic (exact) mass is 382 g/mol. The van der Waals surface area contributed by atoms with Crippen molar-refractivity contribution in [1.29, 1.82) is 0 Å². The summed E-state index contributed by atoms with van der Waals surface area (Å²) in [7, 11) is 0. The Labute approximate surface area is 172 Å². The van der Waals surface area contributed by atoms with Crippen molar-refractivity contribution in [3.8, 4) is 0 Å². The van der Waals surface area contributed by atoms with Crippen molar-refractivity contribution in [1.82, 2.24) is 5.06 Å². The van der Waals surface area contributed by atoms with E-state index in [0.29, 0.717) is 6.54 Å². The van der Waals surface area contributed by atoms with E-state index in [4.69, 9.17) is 0 Å². The minimum Gasteiger partial charge on any atom is -0.785 e. The van der Waals surface area contributed by atoms with E-state index in [1.54, 1.807) is 0 Å². The van der Waals surface area contributed by atoms with Gasteiger partial charge in [0, 0.05) is 0 Å². The summed E-state index contributed by atoms with van der Waals surface area (Å²) in [5.74, 6) is 0. The summed E-state index contributed by atoms with van der Waals surface area (Å²) < 4.78 is 0. The molecule has 2 nitrogen and oxygen atoms in total. The van der Waals surface area contributed by atoms with Gasteiger partial charge in [-0.1, -0.05) is 136 Å². The van der Waals surface area contributed by atoms with Crippen molar-refractivity contribution >= 4 is 0 Å². The molecule has 0 saturated carbocycles. The highest BCUT2D eigenvalue weighted by Crippen LogP contribution is 2.14. The maximum atomic E-state index is 11.4. The number of unbranched alkanes of at least 4 members (excludes halogenated alkanes) is 19. The van der Waals surface area contributed by atoms with Gasteiger partial charge >= 0.3 is 0 Å². The van der Waals surface area contributed by atoms with Crippen LogP contribution in [0.15, 0.2) is 0 Å². The fraction of sp³-hybridized carbons (Fsp3) is 1.00. The predicted octanol–water partition coefficient (Wildman–Crippen LogP) is 9.02. The van der Waals surface area contributed by atoms with E-state index in [0.717, 1.165) is 19.4 Å². The van der Waals surface area contributed by atoms with Crippen LogP contribution in [0, 0.1) is 5.21 Å². The van der Waals surface area contributed by atoms with E-state index in [1.165, 1.54) is 127 Å². The van der Waals surface area contributed by atoms with E-state index < -0.39 is 0 Å². The van der Waals surface area contributed by atoms with Crippen molar-refractivity contribution in [2.45, 2.75) is 149 Å². The van der Waals surface area contributed by atoms with Crippen LogP contribution in [0.2, 0.25) is 0 Å². The zero-order valence-corrected chi connectivity index (χ0v) is 19.1. The number of hydrogen-bond acceptors (Lipinski definition) is 2. The highest BCUT2D eigenvalue weighted by molar-refractivity contribution is 4.56. The van der Waals surface area contributed by atoms with E-state index in [9.17, 15) is 5.21 Å². The largest absolute Gasteiger partial charge is 0.785 e. The van der Waals surface area contributed by atoms with E-state index in [-0.39, 0.29) is 0 Å². The Bertz CT molecular complexity index is 257. The number of hydroxylamine groups is 2. The van der Waals surface area contributed by atoms with Crippen LogP contribution in [0.3, 0.4) is 0 Å². The molecular formula is C25H52NO-. The van der Waals surface area contributed by atoms with Gasteiger partial charge in [-0.05, 0) is 25.9 Å². The Kier molecular flexibility index (Phi) is 23.9. The topological polar surface area (TPSA) is 26.3 Å². The second-order valence-corrected chi connectivity index (χ2v) is 8.65. The zero-order chi connectivity index (χ0) is 19.8. The maximum absolute atomic E-state index is 11.4. The third kappa shape index (κ3) is 23.9. The van der Waals surface area contributed by atoms with E-state index in [1.807, 2.05) is 0 Å². The quantitative estimate of drug-likeness (QED) is 0.130. The third-order valence-corrected chi connectivity index (χ3v) is 5.73. The minimum absolute atomic E-state index is 0.707. The van der Waals surface area contributed by atoms with Gasteiger partial charge in [0.2, 0.25) is 0 Å². The van der Waals surface area contributed by atoms with Gasteiger partial charge in [0.15, 0.2) is 0 Å². The van der Waals surface area contributed by atoms with Gasteiger partial charge in [-0.3, -0.25) is 0 Å². The first kappa shape index (κ1) is 26.9. The molecule has 164 valence electrons. The SMILES string of the molecule is CCCCCCCCCCCCCCCCCCCCCCN([O-])CCC. The molecule has 0 aromatic heterocycles. The van der Waals surface area contributed by atoms with Crippen molar-refractivity contribution < 1.29 is 0 Å². The first-order valence-electron chi connectivity index (χ1n) is 12.7. The summed E-state index contributed by atoms with van der Waals surface area (Å²) in [5, 5.41) is 12.6. The molecule has 27 heavy (non-hydrogen) atoms. The lowest BCUT2D eigenvalue weighted by Crippen LogP contribution is -2.18. The molecule has 0 aliphatic rings. The molecule has 0 rings (SSSR count). The molecule has 0 amide bonds. The first-order chi connectivity index (χ1) is 13.3. The van der Waals surface area contributed by atoms with Crippen LogP contribution in [-0.2, 0) is 0 Å². The molecule has 0 aromatic rings. The Morgan fingerprint density at radius 1 is 0.370 bits per heavy atom. The molecule has 0 atom stereocenters. The molecule has 0 aliphatic carbocycles. The molecule has 0 fully saturated rings. The number of rotatable bonds is 23. The third-order valence-electron chi connectivity index (χ3n) is 5.73. The van der Waals surface area contributed by atoms with E-state index in [2.05, 4.69) is 13.8 Å². The van der Waals surface area contributed by atoms with Crippen molar-refractivity contribution in [2.24, 2.45) is 0 Å². The zero-order valence-electron chi connectivity index (χ0n) is 19.1. The molecule has 0 bridgehead atoms. The summed E-state index contributed by atoms with van der Waals surface area (Å²) in [6.07, 6.45) is 29.1. The molecule has 0 aromatic carbocycles. The van der Waals surface area contributed by atoms with Crippen molar-refractivity contribution in [3.05, 3.63) is 5.21 Å². The number of hydrogen-bond donors (Lipinski definition) is 0. The van der Waals surface area contributed by atoms with Crippen LogP contribution in [-0.4, -0.2) is 18.2 Å².